The normalized spacial score (nSPS) is 29.2. The van der Waals surface area contributed by atoms with E-state index in [0.717, 1.165) is 19.3 Å². The molecular formula is C8H16O3. The molecule has 0 amide bonds. The van der Waals surface area contributed by atoms with Crippen LogP contribution in [-0.4, -0.2) is 33.2 Å². The van der Waals surface area contributed by atoms with Crippen molar-refractivity contribution < 1.29 is 14.2 Å². The summed E-state index contributed by atoms with van der Waals surface area (Å²) < 4.78 is 15.8. The standard InChI is InChI=1S/C8H16O3/c1-9-7-4-5-8(6-7,10-2)11-3/h7H,4-6H2,1-3H3. The summed E-state index contributed by atoms with van der Waals surface area (Å²) in [6.45, 7) is 0. The summed E-state index contributed by atoms with van der Waals surface area (Å²) >= 11 is 0. The highest BCUT2D eigenvalue weighted by Crippen LogP contribution is 2.34. The largest absolute Gasteiger partial charge is 0.381 e. The van der Waals surface area contributed by atoms with Gasteiger partial charge in [0.05, 0.1) is 6.10 Å². The van der Waals surface area contributed by atoms with E-state index in [1.807, 2.05) is 0 Å². The van der Waals surface area contributed by atoms with Crippen LogP contribution in [0.2, 0.25) is 0 Å². The molecule has 1 fully saturated rings. The Kier molecular flexibility index (Phi) is 2.87. The van der Waals surface area contributed by atoms with Crippen molar-refractivity contribution in [1.29, 1.82) is 0 Å². The highest BCUT2D eigenvalue weighted by atomic mass is 16.7. The van der Waals surface area contributed by atoms with Gasteiger partial charge in [0, 0.05) is 34.2 Å². The van der Waals surface area contributed by atoms with Crippen LogP contribution >= 0.6 is 0 Å². The lowest BCUT2D eigenvalue weighted by Gasteiger charge is -2.25. The molecule has 3 heteroatoms. The average molecular weight is 160 g/mol. The third-order valence-electron chi connectivity index (χ3n) is 2.46. The van der Waals surface area contributed by atoms with Crippen LogP contribution < -0.4 is 0 Å². The first-order valence-electron chi connectivity index (χ1n) is 3.89. The minimum Gasteiger partial charge on any atom is -0.381 e. The minimum atomic E-state index is -0.374. The molecule has 0 spiro atoms. The molecule has 0 bridgehead atoms. The maximum Gasteiger partial charge on any atom is 0.170 e. The number of hydrogen-bond donors (Lipinski definition) is 0. The maximum atomic E-state index is 5.28. The molecule has 1 aliphatic carbocycles. The molecule has 0 aliphatic heterocycles. The van der Waals surface area contributed by atoms with Crippen molar-refractivity contribution in [3.8, 4) is 0 Å². The lowest BCUT2D eigenvalue weighted by molar-refractivity contribution is -0.204. The summed E-state index contributed by atoms with van der Waals surface area (Å²) in [4.78, 5) is 0. The number of ether oxygens (including phenoxy) is 3. The van der Waals surface area contributed by atoms with Crippen molar-refractivity contribution in [2.45, 2.75) is 31.2 Å². The predicted molar refractivity (Wildman–Crippen MR) is 41.4 cm³/mol. The molecule has 1 unspecified atom stereocenters. The molecule has 1 atom stereocenters. The van der Waals surface area contributed by atoms with Crippen molar-refractivity contribution in [1.82, 2.24) is 0 Å². The van der Waals surface area contributed by atoms with Crippen molar-refractivity contribution in [3.63, 3.8) is 0 Å². The molecule has 3 nitrogen and oxygen atoms in total. The molecule has 66 valence electrons. The van der Waals surface area contributed by atoms with Gasteiger partial charge >= 0.3 is 0 Å². The molecule has 11 heavy (non-hydrogen) atoms. The highest BCUT2D eigenvalue weighted by Gasteiger charge is 2.39. The second kappa shape index (κ2) is 3.52. The van der Waals surface area contributed by atoms with E-state index in [1.54, 1.807) is 21.3 Å². The number of hydrogen-bond acceptors (Lipinski definition) is 3. The van der Waals surface area contributed by atoms with E-state index in [9.17, 15) is 0 Å². The average Bonchev–Trinajstić information content (AvgIpc) is 2.49. The van der Waals surface area contributed by atoms with Gasteiger partial charge in [0.15, 0.2) is 5.79 Å². The summed E-state index contributed by atoms with van der Waals surface area (Å²) in [5.74, 6) is -0.374. The molecule has 0 aromatic rings. The predicted octanol–water partition coefficient (Wildman–Crippen LogP) is 1.17. The van der Waals surface area contributed by atoms with Gasteiger partial charge in [-0.1, -0.05) is 0 Å². The molecule has 1 rings (SSSR count). The van der Waals surface area contributed by atoms with Gasteiger partial charge in [-0.15, -0.1) is 0 Å². The zero-order chi connectivity index (χ0) is 8.32. The second-order valence-electron chi connectivity index (χ2n) is 2.92. The topological polar surface area (TPSA) is 27.7 Å². The van der Waals surface area contributed by atoms with Gasteiger partial charge in [-0.2, -0.15) is 0 Å². The van der Waals surface area contributed by atoms with E-state index >= 15 is 0 Å². The molecule has 0 saturated heterocycles. The summed E-state index contributed by atoms with van der Waals surface area (Å²) in [7, 11) is 5.09. The first-order valence-corrected chi connectivity index (χ1v) is 3.89. The molecule has 0 heterocycles. The van der Waals surface area contributed by atoms with Crippen LogP contribution in [0.15, 0.2) is 0 Å². The Morgan fingerprint density at radius 3 is 2.09 bits per heavy atom. The summed E-state index contributed by atoms with van der Waals surface area (Å²) in [6.07, 6.45) is 3.10. The molecule has 0 N–H and O–H groups in total. The molecule has 1 saturated carbocycles. The Bertz CT molecular complexity index is 121. The van der Waals surface area contributed by atoms with Crippen LogP contribution in [0.25, 0.3) is 0 Å². The fourth-order valence-electron chi connectivity index (χ4n) is 1.59. The quantitative estimate of drug-likeness (QED) is 0.580. The summed E-state index contributed by atoms with van der Waals surface area (Å²) in [6, 6.07) is 0. The molecule has 1 aliphatic rings. The third kappa shape index (κ3) is 1.72. The first-order chi connectivity index (χ1) is 5.26. The van der Waals surface area contributed by atoms with Gasteiger partial charge in [-0.05, 0) is 6.42 Å². The van der Waals surface area contributed by atoms with Crippen molar-refractivity contribution in [2.24, 2.45) is 0 Å². The highest BCUT2D eigenvalue weighted by molar-refractivity contribution is 4.83. The van der Waals surface area contributed by atoms with Crippen LogP contribution in [0.1, 0.15) is 19.3 Å². The van der Waals surface area contributed by atoms with Crippen LogP contribution in [0, 0.1) is 0 Å². The van der Waals surface area contributed by atoms with E-state index in [4.69, 9.17) is 14.2 Å². The van der Waals surface area contributed by atoms with E-state index < -0.39 is 0 Å². The molecule has 0 aromatic carbocycles. The molecule has 0 aromatic heterocycles. The van der Waals surface area contributed by atoms with Crippen molar-refractivity contribution in [3.05, 3.63) is 0 Å². The fraction of sp³-hybridized carbons (Fsp3) is 1.00. The maximum absolute atomic E-state index is 5.28. The van der Waals surface area contributed by atoms with Crippen LogP contribution in [0.4, 0.5) is 0 Å². The summed E-state index contributed by atoms with van der Waals surface area (Å²) in [5.41, 5.74) is 0. The first kappa shape index (κ1) is 8.97. The zero-order valence-electron chi connectivity index (χ0n) is 7.42. The Balaban J connectivity index is 2.48. The Hall–Kier alpha value is -0.120. The number of methoxy groups -OCH3 is 3. The van der Waals surface area contributed by atoms with Gasteiger partial charge in [-0.25, -0.2) is 0 Å². The molecular weight excluding hydrogens is 144 g/mol. The van der Waals surface area contributed by atoms with Crippen molar-refractivity contribution >= 4 is 0 Å². The number of rotatable bonds is 3. The summed E-state index contributed by atoms with van der Waals surface area (Å²) in [5, 5.41) is 0. The second-order valence-corrected chi connectivity index (χ2v) is 2.92. The lowest BCUT2D eigenvalue weighted by Crippen LogP contribution is -2.30. The van der Waals surface area contributed by atoms with Gasteiger partial charge in [0.2, 0.25) is 0 Å². The van der Waals surface area contributed by atoms with Gasteiger partial charge in [0.1, 0.15) is 0 Å². The Morgan fingerprint density at radius 1 is 1.18 bits per heavy atom. The SMILES string of the molecule is COC1CCC(OC)(OC)C1. The Labute approximate surface area is 67.6 Å². The van der Waals surface area contributed by atoms with E-state index in [-0.39, 0.29) is 5.79 Å². The van der Waals surface area contributed by atoms with Gasteiger partial charge < -0.3 is 14.2 Å². The van der Waals surface area contributed by atoms with Crippen LogP contribution in [0.3, 0.4) is 0 Å². The van der Waals surface area contributed by atoms with Crippen LogP contribution in [0.5, 0.6) is 0 Å². The smallest absolute Gasteiger partial charge is 0.170 e. The van der Waals surface area contributed by atoms with Gasteiger partial charge in [0.25, 0.3) is 0 Å². The van der Waals surface area contributed by atoms with Crippen molar-refractivity contribution in [2.75, 3.05) is 21.3 Å². The van der Waals surface area contributed by atoms with E-state index in [1.165, 1.54) is 0 Å². The van der Waals surface area contributed by atoms with Gasteiger partial charge in [-0.3, -0.25) is 0 Å². The lowest BCUT2D eigenvalue weighted by atomic mass is 10.2. The monoisotopic (exact) mass is 160 g/mol. The zero-order valence-corrected chi connectivity index (χ0v) is 7.42. The third-order valence-corrected chi connectivity index (χ3v) is 2.46. The van der Waals surface area contributed by atoms with Crippen LogP contribution in [-0.2, 0) is 14.2 Å². The van der Waals surface area contributed by atoms with E-state index in [2.05, 4.69) is 0 Å². The fourth-order valence-corrected chi connectivity index (χ4v) is 1.59. The minimum absolute atomic E-state index is 0.301. The molecule has 0 radical (unpaired) electrons. The van der Waals surface area contributed by atoms with E-state index in [0.29, 0.717) is 6.10 Å². The Morgan fingerprint density at radius 2 is 1.82 bits per heavy atom.